The zero-order chi connectivity index (χ0) is 14.8. The van der Waals surface area contributed by atoms with Crippen molar-refractivity contribution in [2.75, 3.05) is 13.6 Å². The molecule has 0 spiro atoms. The second-order valence-corrected chi connectivity index (χ2v) is 5.43. The van der Waals surface area contributed by atoms with E-state index < -0.39 is 0 Å². The Bertz CT molecular complexity index is 646. The van der Waals surface area contributed by atoms with Gasteiger partial charge in [-0.2, -0.15) is 0 Å². The Balaban J connectivity index is 1.69. The number of fused-ring (bicyclic) bond motifs is 1. The summed E-state index contributed by atoms with van der Waals surface area (Å²) in [4.78, 5) is 32.9. The van der Waals surface area contributed by atoms with Crippen molar-refractivity contribution in [1.82, 2.24) is 20.2 Å². The van der Waals surface area contributed by atoms with Crippen LogP contribution in [0.15, 0.2) is 24.4 Å². The van der Waals surface area contributed by atoms with Crippen LogP contribution in [0.3, 0.4) is 0 Å². The molecule has 1 saturated heterocycles. The number of nitrogens with one attached hydrogen (secondary N) is 2. The van der Waals surface area contributed by atoms with Gasteiger partial charge in [-0.1, -0.05) is 0 Å². The van der Waals surface area contributed by atoms with Crippen LogP contribution in [0.25, 0.3) is 11.0 Å². The van der Waals surface area contributed by atoms with Crippen LogP contribution in [0.2, 0.25) is 0 Å². The van der Waals surface area contributed by atoms with Gasteiger partial charge >= 0.3 is 0 Å². The van der Waals surface area contributed by atoms with Crippen molar-refractivity contribution < 1.29 is 9.59 Å². The molecule has 1 atom stereocenters. The molecule has 0 aromatic carbocycles. The summed E-state index contributed by atoms with van der Waals surface area (Å²) in [5.74, 6) is -0.00318. The van der Waals surface area contributed by atoms with Crippen LogP contribution in [0.4, 0.5) is 0 Å². The number of hydrogen-bond donors (Lipinski definition) is 2. The predicted octanol–water partition coefficient (Wildman–Crippen LogP) is 1.30. The van der Waals surface area contributed by atoms with Gasteiger partial charge in [0.25, 0.3) is 5.91 Å². The molecule has 1 fully saturated rings. The molecule has 0 aliphatic carbocycles. The molecule has 6 heteroatoms. The largest absolute Gasteiger partial charge is 0.349 e. The molecular formula is C15H18N4O2. The lowest BCUT2D eigenvalue weighted by Gasteiger charge is -2.16. The average molecular weight is 286 g/mol. The summed E-state index contributed by atoms with van der Waals surface area (Å²) in [5, 5.41) is 3.00. The number of amides is 2. The number of hydrogen-bond acceptors (Lipinski definition) is 3. The fraction of sp³-hybridized carbons (Fsp3) is 0.400. The van der Waals surface area contributed by atoms with E-state index in [1.807, 2.05) is 12.1 Å². The third-order valence-corrected chi connectivity index (χ3v) is 3.91. The van der Waals surface area contributed by atoms with E-state index >= 15 is 0 Å². The molecule has 2 aromatic rings. The molecule has 0 radical (unpaired) electrons. The lowest BCUT2D eigenvalue weighted by Crippen LogP contribution is -2.35. The van der Waals surface area contributed by atoms with Crippen LogP contribution in [-0.2, 0) is 4.79 Å². The maximum atomic E-state index is 12.3. The first-order valence-corrected chi connectivity index (χ1v) is 7.12. The number of carbonyl (C=O) groups excluding carboxylic acids is 2. The number of aromatic amines is 1. The van der Waals surface area contributed by atoms with Gasteiger partial charge in [-0.15, -0.1) is 0 Å². The first-order chi connectivity index (χ1) is 10.1. The fourth-order valence-corrected chi connectivity index (χ4v) is 2.59. The normalized spacial score (nSPS) is 19.6. The number of nitrogens with zero attached hydrogens (tertiary/aromatic N) is 2. The van der Waals surface area contributed by atoms with Crippen molar-refractivity contribution in [2.24, 2.45) is 0 Å². The first kappa shape index (κ1) is 13.6. The summed E-state index contributed by atoms with van der Waals surface area (Å²) in [5.41, 5.74) is 2.13. The second-order valence-electron chi connectivity index (χ2n) is 5.43. The van der Waals surface area contributed by atoms with E-state index in [0.717, 1.165) is 17.5 Å². The topological polar surface area (TPSA) is 78.1 Å². The Kier molecular flexibility index (Phi) is 3.60. The molecule has 0 bridgehead atoms. The van der Waals surface area contributed by atoms with E-state index in [2.05, 4.69) is 15.3 Å². The van der Waals surface area contributed by atoms with Gasteiger partial charge in [0.05, 0.1) is 11.0 Å². The van der Waals surface area contributed by atoms with Gasteiger partial charge in [0, 0.05) is 32.3 Å². The van der Waals surface area contributed by atoms with Crippen LogP contribution in [-0.4, -0.2) is 46.3 Å². The van der Waals surface area contributed by atoms with Crippen LogP contribution < -0.4 is 5.32 Å². The number of H-pyrrole nitrogens is 1. The van der Waals surface area contributed by atoms with E-state index in [1.165, 1.54) is 0 Å². The van der Waals surface area contributed by atoms with Crippen LogP contribution in [0.5, 0.6) is 0 Å². The van der Waals surface area contributed by atoms with Gasteiger partial charge < -0.3 is 15.2 Å². The lowest BCUT2D eigenvalue weighted by atomic mass is 10.1. The standard InChI is InChI=1S/C15H18N4O2/c1-19-8-6-10(4-5-14(19)20)17-15(21)13-9-12-11(18-13)3-2-7-16-12/h2-3,7,9-10,18H,4-6,8H2,1H3,(H,17,21). The van der Waals surface area contributed by atoms with Crippen molar-refractivity contribution in [3.63, 3.8) is 0 Å². The van der Waals surface area contributed by atoms with E-state index in [9.17, 15) is 9.59 Å². The van der Waals surface area contributed by atoms with E-state index in [0.29, 0.717) is 25.1 Å². The minimum atomic E-state index is -0.144. The molecule has 1 unspecified atom stereocenters. The van der Waals surface area contributed by atoms with Crippen LogP contribution >= 0.6 is 0 Å². The number of pyridine rings is 1. The quantitative estimate of drug-likeness (QED) is 0.873. The molecule has 6 nitrogen and oxygen atoms in total. The summed E-state index contributed by atoms with van der Waals surface area (Å²) in [7, 11) is 1.80. The van der Waals surface area contributed by atoms with E-state index in [1.54, 1.807) is 24.2 Å². The molecule has 1 aliphatic heterocycles. The summed E-state index contributed by atoms with van der Waals surface area (Å²) in [6, 6.07) is 5.50. The summed E-state index contributed by atoms with van der Waals surface area (Å²) in [6.07, 6.45) is 3.65. The molecule has 21 heavy (non-hydrogen) atoms. The zero-order valence-electron chi connectivity index (χ0n) is 11.9. The fourth-order valence-electron chi connectivity index (χ4n) is 2.59. The van der Waals surface area contributed by atoms with E-state index in [-0.39, 0.29) is 17.9 Å². The van der Waals surface area contributed by atoms with Crippen LogP contribution in [0, 0.1) is 0 Å². The molecule has 2 amide bonds. The highest BCUT2D eigenvalue weighted by atomic mass is 16.2. The second kappa shape index (κ2) is 5.55. The lowest BCUT2D eigenvalue weighted by molar-refractivity contribution is -0.129. The van der Waals surface area contributed by atoms with Gasteiger partial charge in [-0.3, -0.25) is 14.6 Å². The zero-order valence-corrected chi connectivity index (χ0v) is 11.9. The molecule has 110 valence electrons. The molecule has 0 saturated carbocycles. The summed E-state index contributed by atoms with van der Waals surface area (Å²) >= 11 is 0. The Morgan fingerprint density at radius 2 is 2.33 bits per heavy atom. The molecule has 3 heterocycles. The highest BCUT2D eigenvalue weighted by molar-refractivity contribution is 5.97. The number of carbonyl (C=O) groups is 2. The monoisotopic (exact) mass is 286 g/mol. The third-order valence-electron chi connectivity index (χ3n) is 3.91. The van der Waals surface area contributed by atoms with Crippen molar-refractivity contribution in [3.05, 3.63) is 30.1 Å². The van der Waals surface area contributed by atoms with Crippen molar-refractivity contribution >= 4 is 22.8 Å². The average Bonchev–Trinajstić information content (AvgIpc) is 2.86. The maximum Gasteiger partial charge on any atom is 0.268 e. The van der Waals surface area contributed by atoms with Gasteiger partial charge in [-0.25, -0.2) is 0 Å². The van der Waals surface area contributed by atoms with E-state index in [4.69, 9.17) is 0 Å². The van der Waals surface area contributed by atoms with Crippen molar-refractivity contribution in [2.45, 2.75) is 25.3 Å². The van der Waals surface area contributed by atoms with Gasteiger partial charge in [0.15, 0.2) is 0 Å². The highest BCUT2D eigenvalue weighted by Gasteiger charge is 2.22. The number of rotatable bonds is 2. The first-order valence-electron chi connectivity index (χ1n) is 7.12. The predicted molar refractivity (Wildman–Crippen MR) is 78.8 cm³/mol. The smallest absolute Gasteiger partial charge is 0.268 e. The minimum absolute atomic E-state index is 0.0331. The molecule has 2 N–H and O–H groups in total. The van der Waals surface area contributed by atoms with Gasteiger partial charge in [-0.05, 0) is 31.0 Å². The molecule has 3 rings (SSSR count). The number of likely N-dealkylation sites (tertiary alicyclic amines) is 1. The van der Waals surface area contributed by atoms with Gasteiger partial charge in [0.2, 0.25) is 5.91 Å². The molecule has 2 aromatic heterocycles. The van der Waals surface area contributed by atoms with Crippen molar-refractivity contribution in [1.29, 1.82) is 0 Å². The minimum Gasteiger partial charge on any atom is -0.349 e. The summed E-state index contributed by atoms with van der Waals surface area (Å²) in [6.45, 7) is 0.679. The van der Waals surface area contributed by atoms with Gasteiger partial charge in [0.1, 0.15) is 5.69 Å². The maximum absolute atomic E-state index is 12.3. The highest BCUT2D eigenvalue weighted by Crippen LogP contribution is 2.14. The number of aromatic nitrogens is 2. The summed E-state index contributed by atoms with van der Waals surface area (Å²) < 4.78 is 0. The SMILES string of the molecule is CN1CCC(NC(=O)c2cc3ncccc3[nH]2)CCC1=O. The van der Waals surface area contributed by atoms with Crippen molar-refractivity contribution in [3.8, 4) is 0 Å². The Labute approximate surface area is 122 Å². The Morgan fingerprint density at radius 3 is 3.14 bits per heavy atom. The Morgan fingerprint density at radius 1 is 1.48 bits per heavy atom. The Hall–Kier alpha value is -2.37. The van der Waals surface area contributed by atoms with Crippen LogP contribution in [0.1, 0.15) is 29.8 Å². The molecule has 1 aliphatic rings. The third kappa shape index (κ3) is 2.89. The molecular weight excluding hydrogens is 268 g/mol.